The third kappa shape index (κ3) is 11.8. The maximum atomic E-state index is 5.69. The van der Waals surface area contributed by atoms with Gasteiger partial charge in [-0.3, -0.25) is 4.99 Å². The Morgan fingerprint density at radius 1 is 1.36 bits per heavy atom. The monoisotopic (exact) mass is 445 g/mol. The number of halogens is 1. The largest absolute Gasteiger partial charge is 0.381 e. The molecule has 7 heteroatoms. The molecule has 0 bridgehead atoms. The van der Waals surface area contributed by atoms with E-state index in [1.165, 1.54) is 5.75 Å². The van der Waals surface area contributed by atoms with Crippen molar-refractivity contribution >= 4 is 41.7 Å². The number of rotatable bonds is 11. The lowest BCUT2D eigenvalue weighted by atomic mass is 10.1. The molecule has 0 radical (unpaired) electrons. The molecule has 0 saturated carbocycles. The van der Waals surface area contributed by atoms with E-state index in [1.54, 1.807) is 0 Å². The molecule has 1 atom stereocenters. The fraction of sp³-hybridized carbons (Fsp3) is 0.933. The Balaban J connectivity index is 0.00000441. The van der Waals surface area contributed by atoms with Gasteiger partial charge in [0.2, 0.25) is 0 Å². The Morgan fingerprint density at radius 2 is 2.23 bits per heavy atom. The summed E-state index contributed by atoms with van der Waals surface area (Å²) in [5.74, 6) is 2.69. The van der Waals surface area contributed by atoms with Gasteiger partial charge in [0.15, 0.2) is 5.96 Å². The van der Waals surface area contributed by atoms with Gasteiger partial charge in [-0.1, -0.05) is 0 Å². The van der Waals surface area contributed by atoms with Crippen molar-refractivity contribution in [2.45, 2.75) is 26.2 Å². The topological polar surface area (TPSA) is 54.9 Å². The smallest absolute Gasteiger partial charge is 0.191 e. The maximum absolute atomic E-state index is 5.69. The van der Waals surface area contributed by atoms with Crippen LogP contribution in [0, 0.1) is 5.92 Å². The fourth-order valence-electron chi connectivity index (χ4n) is 2.09. The molecule has 1 aliphatic rings. The molecular formula is C15H32IN3O2S. The molecule has 0 aliphatic carbocycles. The van der Waals surface area contributed by atoms with Gasteiger partial charge in [0.25, 0.3) is 0 Å². The molecule has 0 aromatic carbocycles. The Hall–Kier alpha value is 0.270. The number of hydrogen-bond acceptors (Lipinski definition) is 4. The van der Waals surface area contributed by atoms with Gasteiger partial charge in [0.1, 0.15) is 0 Å². The van der Waals surface area contributed by atoms with Gasteiger partial charge in [-0.05, 0) is 38.2 Å². The number of guanidine groups is 1. The molecule has 1 heterocycles. The van der Waals surface area contributed by atoms with Crippen molar-refractivity contribution in [1.29, 1.82) is 0 Å². The second-order valence-corrected chi connectivity index (χ2v) is 6.18. The van der Waals surface area contributed by atoms with Gasteiger partial charge in [0, 0.05) is 38.8 Å². The Bertz CT molecular complexity index is 278. The average molecular weight is 445 g/mol. The van der Waals surface area contributed by atoms with E-state index in [2.05, 4.69) is 28.8 Å². The lowest BCUT2D eigenvalue weighted by Crippen LogP contribution is -2.38. The van der Waals surface area contributed by atoms with Crippen molar-refractivity contribution in [1.82, 2.24) is 10.6 Å². The zero-order valence-corrected chi connectivity index (χ0v) is 17.1. The van der Waals surface area contributed by atoms with E-state index in [-0.39, 0.29) is 24.0 Å². The zero-order chi connectivity index (χ0) is 15.2. The van der Waals surface area contributed by atoms with Crippen LogP contribution < -0.4 is 10.6 Å². The lowest BCUT2D eigenvalue weighted by molar-refractivity contribution is 0.0888. The molecule has 1 fully saturated rings. The summed E-state index contributed by atoms with van der Waals surface area (Å²) < 4.78 is 11.0. The highest BCUT2D eigenvalue weighted by Crippen LogP contribution is 2.12. The molecule has 1 aliphatic heterocycles. The Labute approximate surface area is 156 Å². The van der Waals surface area contributed by atoms with E-state index < -0.39 is 0 Å². The van der Waals surface area contributed by atoms with Crippen LogP contribution in [-0.4, -0.2) is 64.0 Å². The third-order valence-electron chi connectivity index (χ3n) is 3.26. The third-order valence-corrected chi connectivity index (χ3v) is 3.95. The molecule has 0 amide bonds. The van der Waals surface area contributed by atoms with Crippen LogP contribution in [0.5, 0.6) is 0 Å². The summed E-state index contributed by atoms with van der Waals surface area (Å²) in [6.45, 7) is 8.17. The van der Waals surface area contributed by atoms with Crippen LogP contribution in [0.15, 0.2) is 4.99 Å². The molecule has 0 aromatic rings. The number of thioether (sulfide) groups is 1. The van der Waals surface area contributed by atoms with Gasteiger partial charge in [-0.2, -0.15) is 11.8 Å². The molecule has 0 aromatic heterocycles. The minimum absolute atomic E-state index is 0. The van der Waals surface area contributed by atoms with Crippen molar-refractivity contribution < 1.29 is 9.47 Å². The number of ether oxygens (including phenoxy) is 2. The average Bonchev–Trinajstić information content (AvgIpc) is 3.00. The van der Waals surface area contributed by atoms with Gasteiger partial charge < -0.3 is 20.1 Å². The first kappa shape index (κ1) is 22.3. The molecule has 0 spiro atoms. The van der Waals surface area contributed by atoms with Crippen molar-refractivity contribution in [3.8, 4) is 0 Å². The number of aliphatic imine (C=N–C) groups is 1. The van der Waals surface area contributed by atoms with Crippen molar-refractivity contribution in [2.24, 2.45) is 10.9 Å². The van der Waals surface area contributed by atoms with Crippen molar-refractivity contribution in [2.75, 3.05) is 58.1 Å². The van der Waals surface area contributed by atoms with Gasteiger partial charge in [-0.15, -0.1) is 24.0 Å². The molecule has 1 saturated heterocycles. The summed E-state index contributed by atoms with van der Waals surface area (Å²) in [4.78, 5) is 4.56. The number of nitrogens with one attached hydrogen (secondary N) is 2. The second-order valence-electron chi connectivity index (χ2n) is 5.19. The minimum Gasteiger partial charge on any atom is -0.381 e. The first-order valence-corrected chi connectivity index (χ1v) is 9.42. The summed E-state index contributed by atoms with van der Waals surface area (Å²) in [5, 5.41) is 6.62. The highest BCUT2D eigenvalue weighted by molar-refractivity contribution is 14.0. The van der Waals surface area contributed by atoms with E-state index in [1.807, 2.05) is 11.8 Å². The Morgan fingerprint density at radius 3 is 2.91 bits per heavy atom. The predicted molar refractivity (Wildman–Crippen MR) is 107 cm³/mol. The van der Waals surface area contributed by atoms with E-state index in [4.69, 9.17) is 9.47 Å². The van der Waals surface area contributed by atoms with E-state index >= 15 is 0 Å². The molecule has 1 rings (SSSR count). The summed E-state index contributed by atoms with van der Waals surface area (Å²) in [6, 6.07) is 0. The fourth-order valence-corrected chi connectivity index (χ4v) is 2.51. The molecule has 5 nitrogen and oxygen atoms in total. The standard InChI is InChI=1S/C15H31N3O2S.HI/c1-3-16-15(18-8-5-11-21-2)17-7-4-9-19-12-14-6-10-20-13-14;/h14H,3-13H2,1-2H3,(H2,16,17,18);1H. The van der Waals surface area contributed by atoms with E-state index in [0.717, 1.165) is 71.3 Å². The van der Waals surface area contributed by atoms with E-state index in [9.17, 15) is 0 Å². The van der Waals surface area contributed by atoms with E-state index in [0.29, 0.717) is 5.92 Å². The normalized spacial score (nSPS) is 18.1. The molecule has 22 heavy (non-hydrogen) atoms. The van der Waals surface area contributed by atoms with Crippen LogP contribution in [0.25, 0.3) is 0 Å². The first-order valence-electron chi connectivity index (χ1n) is 8.03. The van der Waals surface area contributed by atoms with Gasteiger partial charge >= 0.3 is 0 Å². The van der Waals surface area contributed by atoms with Gasteiger partial charge in [-0.25, -0.2) is 0 Å². The second kappa shape index (κ2) is 16.1. The highest BCUT2D eigenvalue weighted by atomic mass is 127. The van der Waals surface area contributed by atoms with Crippen molar-refractivity contribution in [3.63, 3.8) is 0 Å². The number of nitrogens with zero attached hydrogens (tertiary/aromatic N) is 1. The number of hydrogen-bond donors (Lipinski definition) is 2. The quantitative estimate of drug-likeness (QED) is 0.221. The predicted octanol–water partition coefficient (Wildman–Crippen LogP) is 2.36. The first-order chi connectivity index (χ1) is 10.4. The summed E-state index contributed by atoms with van der Waals surface area (Å²) in [5.41, 5.74) is 0. The molecule has 2 N–H and O–H groups in total. The van der Waals surface area contributed by atoms with Crippen LogP contribution in [0.2, 0.25) is 0 Å². The van der Waals surface area contributed by atoms with Crippen molar-refractivity contribution in [3.05, 3.63) is 0 Å². The summed E-state index contributed by atoms with van der Waals surface area (Å²) in [7, 11) is 0. The van der Waals surface area contributed by atoms with Crippen LogP contribution in [-0.2, 0) is 9.47 Å². The lowest BCUT2D eigenvalue weighted by Gasteiger charge is -2.12. The molecule has 132 valence electrons. The minimum atomic E-state index is 0. The van der Waals surface area contributed by atoms with Crippen LogP contribution in [0.4, 0.5) is 0 Å². The highest BCUT2D eigenvalue weighted by Gasteiger charge is 2.15. The van der Waals surface area contributed by atoms with Crippen LogP contribution in [0.1, 0.15) is 26.2 Å². The van der Waals surface area contributed by atoms with Crippen LogP contribution in [0.3, 0.4) is 0 Å². The zero-order valence-electron chi connectivity index (χ0n) is 13.9. The maximum Gasteiger partial charge on any atom is 0.191 e. The SMILES string of the molecule is CCNC(=NCCCSC)NCCCOCC1CCOC1.I. The summed E-state index contributed by atoms with van der Waals surface area (Å²) >= 11 is 1.87. The molecular weight excluding hydrogens is 413 g/mol. The van der Waals surface area contributed by atoms with Gasteiger partial charge in [0.05, 0.1) is 13.2 Å². The summed E-state index contributed by atoms with van der Waals surface area (Å²) in [6.07, 6.45) is 5.41. The Kier molecular flexibility index (Phi) is 16.3. The van der Waals surface area contributed by atoms with Crippen LogP contribution >= 0.6 is 35.7 Å². The molecule has 1 unspecified atom stereocenters.